The second-order valence-corrected chi connectivity index (χ2v) is 9.49. The highest BCUT2D eigenvalue weighted by atomic mass is 35.5. The maximum Gasteiger partial charge on any atom is 0.236 e. The number of piperazine rings is 1. The summed E-state index contributed by atoms with van der Waals surface area (Å²) >= 11 is 7.85. The fourth-order valence-electron chi connectivity index (χ4n) is 4.16. The van der Waals surface area contributed by atoms with Crippen LogP contribution < -0.4 is 4.90 Å². The molecule has 3 heterocycles. The van der Waals surface area contributed by atoms with Crippen molar-refractivity contribution in [1.29, 1.82) is 0 Å². The Balaban J connectivity index is 1.24. The van der Waals surface area contributed by atoms with E-state index in [0.717, 1.165) is 56.5 Å². The zero-order chi connectivity index (χ0) is 21.8. The summed E-state index contributed by atoms with van der Waals surface area (Å²) in [5, 5.41) is 3.62. The molecule has 2 fully saturated rings. The van der Waals surface area contributed by atoms with Crippen LogP contribution in [0.2, 0.25) is 5.02 Å². The van der Waals surface area contributed by atoms with Crippen LogP contribution in [0.4, 0.5) is 9.52 Å². The molecule has 6 nitrogen and oxygen atoms in total. The van der Waals surface area contributed by atoms with Gasteiger partial charge in [-0.15, -0.1) is 11.3 Å². The van der Waals surface area contributed by atoms with Crippen LogP contribution in [0.5, 0.6) is 0 Å². The van der Waals surface area contributed by atoms with Crippen molar-refractivity contribution < 1.29 is 9.18 Å². The molecule has 1 aromatic heterocycles. The van der Waals surface area contributed by atoms with E-state index in [1.807, 2.05) is 11.8 Å². The normalized spacial score (nSPS) is 18.9. The highest BCUT2D eigenvalue weighted by molar-refractivity contribution is 7.13. The molecule has 2 aromatic rings. The summed E-state index contributed by atoms with van der Waals surface area (Å²) in [6.45, 7) is 9.44. The number of aryl methyl sites for hydroxylation is 1. The first-order chi connectivity index (χ1) is 15.0. The molecular weight excluding hydrogens is 437 g/mol. The summed E-state index contributed by atoms with van der Waals surface area (Å²) in [4.78, 5) is 26.1. The molecule has 0 spiro atoms. The first-order valence-corrected chi connectivity index (χ1v) is 12.1. The van der Waals surface area contributed by atoms with E-state index in [-0.39, 0.29) is 11.7 Å². The number of halogens is 2. The minimum absolute atomic E-state index is 0.183. The number of aromatic nitrogens is 1. The lowest BCUT2D eigenvalue weighted by molar-refractivity contribution is -0.134. The summed E-state index contributed by atoms with van der Waals surface area (Å²) in [7, 11) is 0. The Morgan fingerprint density at radius 1 is 1.10 bits per heavy atom. The van der Waals surface area contributed by atoms with Crippen molar-refractivity contribution in [1.82, 2.24) is 19.7 Å². The largest absolute Gasteiger partial charge is 0.347 e. The molecule has 9 heteroatoms. The number of carbonyl (C=O) groups excluding carboxylic acids is 1. The average Bonchev–Trinajstić information content (AvgIpc) is 3.06. The van der Waals surface area contributed by atoms with Gasteiger partial charge in [-0.05, 0) is 25.5 Å². The quantitative estimate of drug-likeness (QED) is 0.678. The van der Waals surface area contributed by atoms with E-state index in [9.17, 15) is 9.18 Å². The van der Waals surface area contributed by atoms with Crippen LogP contribution in [0.3, 0.4) is 0 Å². The van der Waals surface area contributed by atoms with Gasteiger partial charge in [-0.2, -0.15) is 0 Å². The van der Waals surface area contributed by atoms with E-state index in [1.165, 1.54) is 6.07 Å². The molecule has 0 radical (unpaired) electrons. The summed E-state index contributed by atoms with van der Waals surface area (Å²) in [5.74, 6) is -0.0868. The van der Waals surface area contributed by atoms with Gasteiger partial charge in [0.15, 0.2) is 5.13 Å². The molecule has 0 atom stereocenters. The SMILES string of the molecule is Cc1csc(N2CCCN(CC(=O)N3CCN(Cc4c(F)cccc4Cl)CC3)CC2)n1. The zero-order valence-electron chi connectivity index (χ0n) is 17.9. The fourth-order valence-corrected chi connectivity index (χ4v) is 5.24. The molecule has 2 aliphatic rings. The van der Waals surface area contributed by atoms with E-state index >= 15 is 0 Å². The van der Waals surface area contributed by atoms with Gasteiger partial charge in [0.25, 0.3) is 0 Å². The summed E-state index contributed by atoms with van der Waals surface area (Å²) in [5.41, 5.74) is 1.60. The van der Waals surface area contributed by atoms with Crippen LogP contribution in [0.15, 0.2) is 23.6 Å². The third-order valence-corrected chi connectivity index (χ3v) is 7.37. The first-order valence-electron chi connectivity index (χ1n) is 10.8. The van der Waals surface area contributed by atoms with Crippen LogP contribution >= 0.6 is 22.9 Å². The molecule has 0 unspecified atom stereocenters. The molecule has 0 N–H and O–H groups in total. The van der Waals surface area contributed by atoms with Gasteiger partial charge in [0.2, 0.25) is 5.91 Å². The number of hydrogen-bond donors (Lipinski definition) is 0. The lowest BCUT2D eigenvalue weighted by Crippen LogP contribution is -2.51. The number of rotatable bonds is 5. The van der Waals surface area contributed by atoms with Gasteiger partial charge in [-0.1, -0.05) is 17.7 Å². The molecular formula is C22H29ClFN5OS. The van der Waals surface area contributed by atoms with Gasteiger partial charge in [-0.3, -0.25) is 14.6 Å². The maximum atomic E-state index is 14.1. The Bertz CT molecular complexity index is 882. The maximum absolute atomic E-state index is 14.1. The second-order valence-electron chi connectivity index (χ2n) is 8.25. The van der Waals surface area contributed by atoms with Crippen molar-refractivity contribution in [3.05, 3.63) is 45.7 Å². The molecule has 168 valence electrons. The van der Waals surface area contributed by atoms with Crippen molar-refractivity contribution in [2.24, 2.45) is 0 Å². The highest BCUT2D eigenvalue weighted by Gasteiger charge is 2.25. The second kappa shape index (κ2) is 10.3. The van der Waals surface area contributed by atoms with Gasteiger partial charge in [0, 0.05) is 74.9 Å². The van der Waals surface area contributed by atoms with Crippen LogP contribution in [0, 0.1) is 12.7 Å². The molecule has 0 aliphatic carbocycles. The third kappa shape index (κ3) is 5.74. The Kier molecular flexibility index (Phi) is 7.43. The molecule has 1 amide bonds. The first kappa shape index (κ1) is 22.5. The summed E-state index contributed by atoms with van der Waals surface area (Å²) in [6, 6.07) is 4.79. The van der Waals surface area contributed by atoms with Gasteiger partial charge in [0.05, 0.1) is 12.2 Å². The number of anilines is 1. The van der Waals surface area contributed by atoms with Crippen molar-refractivity contribution >= 4 is 34.0 Å². The lowest BCUT2D eigenvalue weighted by Gasteiger charge is -2.36. The molecule has 31 heavy (non-hydrogen) atoms. The van der Waals surface area contributed by atoms with Gasteiger partial charge in [-0.25, -0.2) is 9.37 Å². The van der Waals surface area contributed by atoms with Gasteiger partial charge >= 0.3 is 0 Å². The fraction of sp³-hybridized carbons (Fsp3) is 0.545. The third-order valence-electron chi connectivity index (χ3n) is 5.99. The number of hydrogen-bond acceptors (Lipinski definition) is 6. The van der Waals surface area contributed by atoms with Crippen molar-refractivity contribution in [2.45, 2.75) is 19.9 Å². The Labute approximate surface area is 192 Å². The van der Waals surface area contributed by atoms with E-state index in [2.05, 4.69) is 25.1 Å². The predicted molar refractivity (Wildman–Crippen MR) is 123 cm³/mol. The predicted octanol–water partition coefficient (Wildman–Crippen LogP) is 3.10. The van der Waals surface area contributed by atoms with Gasteiger partial charge < -0.3 is 9.80 Å². The van der Waals surface area contributed by atoms with Gasteiger partial charge in [0.1, 0.15) is 5.82 Å². The summed E-state index contributed by atoms with van der Waals surface area (Å²) < 4.78 is 14.1. The molecule has 0 bridgehead atoms. The van der Waals surface area contributed by atoms with E-state index in [1.54, 1.807) is 23.5 Å². The average molecular weight is 466 g/mol. The van der Waals surface area contributed by atoms with Crippen molar-refractivity contribution in [2.75, 3.05) is 63.8 Å². The molecule has 4 rings (SSSR count). The van der Waals surface area contributed by atoms with Crippen LogP contribution in [-0.4, -0.2) is 84.5 Å². The zero-order valence-corrected chi connectivity index (χ0v) is 19.5. The molecule has 2 aliphatic heterocycles. The van der Waals surface area contributed by atoms with Crippen LogP contribution in [-0.2, 0) is 11.3 Å². The number of thiazole rings is 1. The molecule has 1 aromatic carbocycles. The number of amides is 1. The Morgan fingerprint density at radius 2 is 1.87 bits per heavy atom. The van der Waals surface area contributed by atoms with E-state index < -0.39 is 0 Å². The van der Waals surface area contributed by atoms with Crippen LogP contribution in [0.25, 0.3) is 0 Å². The Morgan fingerprint density at radius 3 is 2.58 bits per heavy atom. The van der Waals surface area contributed by atoms with E-state index in [0.29, 0.717) is 36.8 Å². The van der Waals surface area contributed by atoms with Crippen molar-refractivity contribution in [3.8, 4) is 0 Å². The minimum Gasteiger partial charge on any atom is -0.347 e. The standard InChI is InChI=1S/C22H29ClFN5OS/c1-17-16-31-22(25-17)29-7-3-6-26(10-13-29)15-21(30)28-11-8-27(9-12-28)14-18-19(23)4-2-5-20(18)24/h2,4-5,16H,3,6-15H2,1H3. The topological polar surface area (TPSA) is 42.9 Å². The highest BCUT2D eigenvalue weighted by Crippen LogP contribution is 2.22. The number of benzene rings is 1. The monoisotopic (exact) mass is 465 g/mol. The van der Waals surface area contributed by atoms with E-state index in [4.69, 9.17) is 11.6 Å². The Hall–Kier alpha value is -1.74. The molecule has 0 saturated carbocycles. The van der Waals surface area contributed by atoms with Crippen LogP contribution in [0.1, 0.15) is 17.7 Å². The van der Waals surface area contributed by atoms with Crippen molar-refractivity contribution in [3.63, 3.8) is 0 Å². The summed E-state index contributed by atoms with van der Waals surface area (Å²) in [6.07, 6.45) is 1.03. The smallest absolute Gasteiger partial charge is 0.236 e. The number of carbonyl (C=O) groups is 1. The molecule has 2 saturated heterocycles. The number of nitrogens with zero attached hydrogens (tertiary/aromatic N) is 5. The minimum atomic E-state index is -0.269. The lowest BCUT2D eigenvalue weighted by atomic mass is 10.2.